The summed E-state index contributed by atoms with van der Waals surface area (Å²) in [6, 6.07) is 12.8. The van der Waals surface area contributed by atoms with Crippen LogP contribution < -0.4 is 5.32 Å². The summed E-state index contributed by atoms with van der Waals surface area (Å²) in [5.41, 5.74) is 4.32. The summed E-state index contributed by atoms with van der Waals surface area (Å²) in [5.74, 6) is 1.09. The minimum atomic E-state index is 0.308. The second kappa shape index (κ2) is 5.54. The molecule has 1 saturated heterocycles. The van der Waals surface area contributed by atoms with Crippen LogP contribution in [0.3, 0.4) is 0 Å². The van der Waals surface area contributed by atoms with E-state index in [1.54, 1.807) is 0 Å². The van der Waals surface area contributed by atoms with E-state index in [9.17, 15) is 0 Å². The van der Waals surface area contributed by atoms with Gasteiger partial charge in [-0.25, -0.2) is 9.97 Å². The van der Waals surface area contributed by atoms with E-state index in [4.69, 9.17) is 4.98 Å². The molecule has 1 aliphatic rings. The second-order valence-corrected chi connectivity index (χ2v) is 5.94. The molecule has 0 spiro atoms. The van der Waals surface area contributed by atoms with Crippen molar-refractivity contribution in [2.75, 3.05) is 6.54 Å². The van der Waals surface area contributed by atoms with Crippen LogP contribution in [0.4, 0.5) is 0 Å². The zero-order valence-corrected chi connectivity index (χ0v) is 12.8. The number of para-hydroxylation sites is 1. The molecule has 1 N–H and O–H groups in total. The molecule has 0 bridgehead atoms. The number of imidazole rings is 1. The summed E-state index contributed by atoms with van der Waals surface area (Å²) < 4.78 is 2.23. The highest BCUT2D eigenvalue weighted by Gasteiger charge is 2.23. The van der Waals surface area contributed by atoms with Gasteiger partial charge in [-0.05, 0) is 50.1 Å². The highest BCUT2D eigenvalue weighted by atomic mass is 15.2. The maximum Gasteiger partial charge on any atom is 0.164 e. The molecule has 1 atom stereocenters. The molecule has 0 radical (unpaired) electrons. The molecule has 1 unspecified atom stereocenters. The van der Waals surface area contributed by atoms with Gasteiger partial charge in [0.2, 0.25) is 0 Å². The first-order valence-corrected chi connectivity index (χ1v) is 7.97. The number of aromatic nitrogens is 3. The number of hydrogen-bond acceptors (Lipinski definition) is 3. The van der Waals surface area contributed by atoms with Crippen LogP contribution in [0.5, 0.6) is 0 Å². The van der Waals surface area contributed by atoms with Gasteiger partial charge in [0.1, 0.15) is 11.3 Å². The molecule has 22 heavy (non-hydrogen) atoms. The van der Waals surface area contributed by atoms with Crippen LogP contribution in [0.2, 0.25) is 0 Å². The molecule has 4 heteroatoms. The van der Waals surface area contributed by atoms with E-state index in [0.717, 1.165) is 30.0 Å². The Kier molecular flexibility index (Phi) is 3.39. The highest BCUT2D eigenvalue weighted by Crippen LogP contribution is 2.29. The van der Waals surface area contributed by atoms with Gasteiger partial charge < -0.3 is 5.32 Å². The van der Waals surface area contributed by atoms with E-state index in [1.165, 1.54) is 24.1 Å². The van der Waals surface area contributed by atoms with Gasteiger partial charge in [-0.15, -0.1) is 0 Å². The van der Waals surface area contributed by atoms with Gasteiger partial charge in [0.25, 0.3) is 0 Å². The van der Waals surface area contributed by atoms with Crippen LogP contribution in [0.15, 0.2) is 42.6 Å². The number of aryl methyl sites for hydroxylation is 1. The van der Waals surface area contributed by atoms with Crippen LogP contribution in [0, 0.1) is 6.92 Å². The molecule has 3 heterocycles. The molecule has 2 aromatic heterocycles. The first kappa shape index (κ1) is 13.5. The van der Waals surface area contributed by atoms with Crippen molar-refractivity contribution in [2.24, 2.45) is 0 Å². The Balaban J connectivity index is 1.96. The van der Waals surface area contributed by atoms with Crippen molar-refractivity contribution in [3.63, 3.8) is 0 Å². The molecule has 1 aromatic carbocycles. The quantitative estimate of drug-likeness (QED) is 0.785. The molecule has 0 aliphatic carbocycles. The third kappa shape index (κ3) is 2.20. The zero-order valence-electron chi connectivity index (χ0n) is 12.8. The van der Waals surface area contributed by atoms with E-state index in [1.807, 2.05) is 18.3 Å². The van der Waals surface area contributed by atoms with Crippen LogP contribution in [-0.2, 0) is 0 Å². The SMILES string of the molecule is Cc1ccccc1-n1c(C2CCCCN2)nc2cccnc21. The number of nitrogens with zero attached hydrogens (tertiary/aromatic N) is 3. The molecular weight excluding hydrogens is 272 g/mol. The lowest BCUT2D eigenvalue weighted by atomic mass is 10.0. The predicted molar refractivity (Wildman–Crippen MR) is 88.2 cm³/mol. The van der Waals surface area contributed by atoms with Crippen LogP contribution in [0.1, 0.15) is 36.7 Å². The molecule has 0 amide bonds. The van der Waals surface area contributed by atoms with Crippen molar-refractivity contribution in [3.05, 3.63) is 54.0 Å². The number of nitrogens with one attached hydrogen (secondary N) is 1. The predicted octanol–water partition coefficient (Wildman–Crippen LogP) is 3.54. The molecule has 3 aromatic rings. The Labute approximate surface area is 130 Å². The van der Waals surface area contributed by atoms with Crippen molar-refractivity contribution < 1.29 is 0 Å². The standard InChI is InChI=1S/C18H20N4/c1-13-7-2-3-10-16(13)22-17-15(9-6-12-20-17)21-18(22)14-8-4-5-11-19-14/h2-3,6-7,9-10,12,14,19H,4-5,8,11H2,1H3. The maximum atomic E-state index is 4.89. The fourth-order valence-electron chi connectivity index (χ4n) is 3.29. The van der Waals surface area contributed by atoms with E-state index in [2.05, 4.69) is 46.1 Å². The molecule has 1 fully saturated rings. The van der Waals surface area contributed by atoms with Crippen molar-refractivity contribution in [3.8, 4) is 5.69 Å². The Bertz CT molecular complexity index is 800. The first-order chi connectivity index (χ1) is 10.8. The maximum absolute atomic E-state index is 4.89. The van der Waals surface area contributed by atoms with E-state index >= 15 is 0 Å². The average Bonchev–Trinajstić information content (AvgIpc) is 2.95. The van der Waals surface area contributed by atoms with Crippen molar-refractivity contribution >= 4 is 11.2 Å². The third-order valence-electron chi connectivity index (χ3n) is 4.42. The number of rotatable bonds is 2. The van der Waals surface area contributed by atoms with E-state index < -0.39 is 0 Å². The Morgan fingerprint density at radius 3 is 2.86 bits per heavy atom. The van der Waals surface area contributed by atoms with Crippen molar-refractivity contribution in [2.45, 2.75) is 32.2 Å². The lowest BCUT2D eigenvalue weighted by molar-refractivity contribution is 0.395. The molecule has 112 valence electrons. The second-order valence-electron chi connectivity index (χ2n) is 5.94. The zero-order chi connectivity index (χ0) is 14.9. The molecule has 1 aliphatic heterocycles. The fraction of sp³-hybridized carbons (Fsp3) is 0.333. The van der Waals surface area contributed by atoms with Crippen molar-refractivity contribution in [1.29, 1.82) is 0 Å². The Morgan fingerprint density at radius 1 is 1.14 bits per heavy atom. The van der Waals surface area contributed by atoms with Gasteiger partial charge in [0.05, 0.1) is 11.7 Å². The molecule has 4 rings (SSSR count). The summed E-state index contributed by atoms with van der Waals surface area (Å²) in [7, 11) is 0. The monoisotopic (exact) mass is 292 g/mol. The highest BCUT2D eigenvalue weighted by molar-refractivity contribution is 5.74. The third-order valence-corrected chi connectivity index (χ3v) is 4.42. The lowest BCUT2D eigenvalue weighted by Crippen LogP contribution is -2.29. The van der Waals surface area contributed by atoms with Gasteiger partial charge in [0.15, 0.2) is 5.65 Å². The van der Waals surface area contributed by atoms with Crippen LogP contribution in [-0.4, -0.2) is 21.1 Å². The average molecular weight is 292 g/mol. The van der Waals surface area contributed by atoms with Crippen LogP contribution >= 0.6 is 0 Å². The van der Waals surface area contributed by atoms with Crippen LogP contribution in [0.25, 0.3) is 16.9 Å². The number of piperidine rings is 1. The van der Waals surface area contributed by atoms with Gasteiger partial charge >= 0.3 is 0 Å². The van der Waals surface area contributed by atoms with E-state index in [-0.39, 0.29) is 0 Å². The van der Waals surface area contributed by atoms with Gasteiger partial charge in [0, 0.05) is 6.20 Å². The topological polar surface area (TPSA) is 42.7 Å². The summed E-state index contributed by atoms with van der Waals surface area (Å²) in [6.45, 7) is 3.21. The molecule has 4 nitrogen and oxygen atoms in total. The summed E-state index contributed by atoms with van der Waals surface area (Å²) in [4.78, 5) is 9.48. The summed E-state index contributed by atoms with van der Waals surface area (Å²) in [5, 5.41) is 3.61. The minimum Gasteiger partial charge on any atom is -0.307 e. The Morgan fingerprint density at radius 2 is 2.05 bits per heavy atom. The first-order valence-electron chi connectivity index (χ1n) is 7.97. The minimum absolute atomic E-state index is 0.308. The smallest absolute Gasteiger partial charge is 0.164 e. The number of hydrogen-bond donors (Lipinski definition) is 1. The fourth-order valence-corrected chi connectivity index (χ4v) is 3.29. The number of pyridine rings is 1. The van der Waals surface area contributed by atoms with Gasteiger partial charge in [-0.1, -0.05) is 24.6 Å². The summed E-state index contributed by atoms with van der Waals surface area (Å²) in [6.07, 6.45) is 5.48. The number of fused-ring (bicyclic) bond motifs is 1. The molecule has 0 saturated carbocycles. The van der Waals surface area contributed by atoms with Gasteiger partial charge in [-0.3, -0.25) is 4.57 Å². The van der Waals surface area contributed by atoms with Crippen molar-refractivity contribution in [1.82, 2.24) is 19.9 Å². The summed E-state index contributed by atoms with van der Waals surface area (Å²) >= 11 is 0. The number of benzene rings is 1. The van der Waals surface area contributed by atoms with Gasteiger partial charge in [-0.2, -0.15) is 0 Å². The van der Waals surface area contributed by atoms with E-state index in [0.29, 0.717) is 6.04 Å². The largest absolute Gasteiger partial charge is 0.307 e. The normalized spacial score (nSPS) is 18.7. The Hall–Kier alpha value is -2.20. The lowest BCUT2D eigenvalue weighted by Gasteiger charge is -2.24. The molecular formula is C18H20N4.